The van der Waals surface area contributed by atoms with Crippen LogP contribution in [0.2, 0.25) is 0 Å². The van der Waals surface area contributed by atoms with E-state index in [1.54, 1.807) is 7.11 Å². The molecule has 0 aliphatic carbocycles. The number of fused-ring (bicyclic) bond motifs is 1. The number of methoxy groups -OCH3 is 1. The van der Waals surface area contributed by atoms with Gasteiger partial charge in [0.25, 0.3) is 0 Å². The van der Waals surface area contributed by atoms with Gasteiger partial charge in [-0.25, -0.2) is 9.97 Å². The molecule has 0 saturated carbocycles. The second kappa shape index (κ2) is 4.70. The Bertz CT molecular complexity index is 565. The van der Waals surface area contributed by atoms with E-state index >= 15 is 0 Å². The fraction of sp³-hybridized carbons (Fsp3) is 0.545. The van der Waals surface area contributed by atoms with E-state index in [1.807, 2.05) is 4.57 Å². The molecular weight excluding hydrogens is 256 g/mol. The van der Waals surface area contributed by atoms with Crippen LogP contribution in [0.3, 0.4) is 0 Å². The summed E-state index contributed by atoms with van der Waals surface area (Å²) < 4.78 is 12.7. The molecule has 2 aromatic heterocycles. The molecule has 1 fully saturated rings. The van der Waals surface area contributed by atoms with Crippen LogP contribution in [-0.2, 0) is 10.6 Å². The number of rotatable bonds is 3. The molecule has 0 N–H and O–H groups in total. The first-order chi connectivity index (χ1) is 8.85. The van der Waals surface area contributed by atoms with Crippen LogP contribution in [0.5, 0.6) is 5.88 Å². The Balaban J connectivity index is 2.21. The lowest BCUT2D eigenvalue weighted by atomic mass is 10.2. The lowest BCUT2D eigenvalue weighted by molar-refractivity contribution is 0.186. The molecule has 7 heteroatoms. The van der Waals surface area contributed by atoms with Gasteiger partial charge in [0.15, 0.2) is 11.2 Å². The summed E-state index contributed by atoms with van der Waals surface area (Å²) in [5.74, 6) is 1.58. The monoisotopic (exact) mass is 268 g/mol. The molecule has 3 heterocycles. The summed E-state index contributed by atoms with van der Waals surface area (Å²) in [6.45, 7) is 1.43. The summed E-state index contributed by atoms with van der Waals surface area (Å²) in [7, 11) is 1.57. The zero-order valence-electron chi connectivity index (χ0n) is 9.97. The van der Waals surface area contributed by atoms with Gasteiger partial charge in [-0.1, -0.05) is 0 Å². The minimum atomic E-state index is 0.239. The third kappa shape index (κ3) is 1.72. The van der Waals surface area contributed by atoms with E-state index in [0.717, 1.165) is 24.5 Å². The first-order valence-electron chi connectivity index (χ1n) is 5.74. The van der Waals surface area contributed by atoms with Crippen LogP contribution in [0.4, 0.5) is 0 Å². The molecule has 2 aromatic rings. The van der Waals surface area contributed by atoms with E-state index in [4.69, 9.17) is 21.1 Å². The largest absolute Gasteiger partial charge is 0.479 e. The van der Waals surface area contributed by atoms with Crippen LogP contribution < -0.4 is 4.74 Å². The van der Waals surface area contributed by atoms with Gasteiger partial charge in [-0.15, -0.1) is 11.6 Å². The molecule has 0 bridgehead atoms. The Morgan fingerprint density at radius 2 is 2.44 bits per heavy atom. The van der Waals surface area contributed by atoms with E-state index in [9.17, 15) is 0 Å². The van der Waals surface area contributed by atoms with Crippen molar-refractivity contribution in [2.24, 2.45) is 0 Å². The van der Waals surface area contributed by atoms with Crippen LogP contribution in [0.25, 0.3) is 11.2 Å². The van der Waals surface area contributed by atoms with Crippen LogP contribution in [-0.4, -0.2) is 39.8 Å². The molecule has 1 aliphatic rings. The highest BCUT2D eigenvalue weighted by atomic mass is 35.5. The maximum atomic E-state index is 5.96. The maximum absolute atomic E-state index is 5.96. The summed E-state index contributed by atoms with van der Waals surface area (Å²) >= 11 is 5.96. The minimum Gasteiger partial charge on any atom is -0.479 e. The van der Waals surface area contributed by atoms with Gasteiger partial charge >= 0.3 is 0 Å². The maximum Gasteiger partial charge on any atom is 0.245 e. The first-order valence-corrected chi connectivity index (χ1v) is 6.28. The molecule has 1 saturated heterocycles. The second-order valence-electron chi connectivity index (χ2n) is 4.10. The fourth-order valence-electron chi connectivity index (χ4n) is 2.29. The normalized spacial score (nSPS) is 19.6. The summed E-state index contributed by atoms with van der Waals surface area (Å²) in [5, 5.41) is 0. The highest BCUT2D eigenvalue weighted by Gasteiger charge is 2.25. The van der Waals surface area contributed by atoms with Gasteiger partial charge in [0, 0.05) is 6.61 Å². The van der Waals surface area contributed by atoms with E-state index < -0.39 is 0 Å². The minimum absolute atomic E-state index is 0.239. The third-order valence-electron chi connectivity index (χ3n) is 3.10. The van der Waals surface area contributed by atoms with Crippen LogP contribution in [0.1, 0.15) is 18.3 Å². The van der Waals surface area contributed by atoms with Crippen LogP contribution in [0.15, 0.2) is 6.33 Å². The summed E-state index contributed by atoms with van der Waals surface area (Å²) in [5.41, 5.74) is 1.41. The topological polar surface area (TPSA) is 62.1 Å². The van der Waals surface area contributed by atoms with Crippen molar-refractivity contribution in [2.45, 2.75) is 18.3 Å². The zero-order valence-corrected chi connectivity index (χ0v) is 10.7. The first kappa shape index (κ1) is 11.7. The predicted octanol–water partition coefficient (Wildman–Crippen LogP) is 1.54. The van der Waals surface area contributed by atoms with Gasteiger partial charge < -0.3 is 14.0 Å². The standard InChI is InChI=1S/C11H13ClN4O2/c1-17-11-9-10(13-6-14-11)16(8(4-12)15-9)7-2-3-18-5-7/h6-7H,2-5H2,1H3. The highest BCUT2D eigenvalue weighted by molar-refractivity contribution is 6.16. The van der Waals surface area contributed by atoms with E-state index in [0.29, 0.717) is 23.9 Å². The van der Waals surface area contributed by atoms with E-state index in [2.05, 4.69) is 15.0 Å². The molecule has 1 atom stereocenters. The summed E-state index contributed by atoms with van der Waals surface area (Å²) in [4.78, 5) is 12.8. The molecule has 0 spiro atoms. The molecule has 6 nitrogen and oxygen atoms in total. The van der Waals surface area contributed by atoms with Crippen molar-refractivity contribution in [1.82, 2.24) is 19.5 Å². The van der Waals surface area contributed by atoms with Gasteiger partial charge in [0.2, 0.25) is 5.88 Å². The molecule has 0 amide bonds. The van der Waals surface area contributed by atoms with Gasteiger partial charge in [0.1, 0.15) is 12.2 Å². The van der Waals surface area contributed by atoms with Gasteiger partial charge in [0.05, 0.1) is 25.6 Å². The average molecular weight is 269 g/mol. The van der Waals surface area contributed by atoms with Crippen LogP contribution >= 0.6 is 11.6 Å². The quantitative estimate of drug-likeness (QED) is 0.790. The van der Waals surface area contributed by atoms with Crippen molar-refractivity contribution in [3.8, 4) is 5.88 Å². The number of halogens is 1. The average Bonchev–Trinajstić information content (AvgIpc) is 3.03. The molecule has 1 aliphatic heterocycles. The Kier molecular flexibility index (Phi) is 3.05. The van der Waals surface area contributed by atoms with Crippen molar-refractivity contribution >= 4 is 22.8 Å². The van der Waals surface area contributed by atoms with E-state index in [1.165, 1.54) is 6.33 Å². The van der Waals surface area contributed by atoms with Crippen LogP contribution in [0, 0.1) is 0 Å². The fourth-order valence-corrected chi connectivity index (χ4v) is 2.47. The van der Waals surface area contributed by atoms with Gasteiger partial charge in [-0.2, -0.15) is 4.98 Å². The predicted molar refractivity (Wildman–Crippen MR) is 65.9 cm³/mol. The van der Waals surface area contributed by atoms with Crippen molar-refractivity contribution in [2.75, 3.05) is 20.3 Å². The third-order valence-corrected chi connectivity index (χ3v) is 3.34. The Labute approximate surface area is 109 Å². The zero-order chi connectivity index (χ0) is 12.5. The molecule has 3 rings (SSSR count). The summed E-state index contributed by atoms with van der Waals surface area (Å²) in [6, 6.07) is 0.239. The molecule has 0 radical (unpaired) electrons. The molecular formula is C11H13ClN4O2. The smallest absolute Gasteiger partial charge is 0.245 e. The number of hydrogen-bond acceptors (Lipinski definition) is 5. The molecule has 1 unspecified atom stereocenters. The molecule has 96 valence electrons. The summed E-state index contributed by atoms with van der Waals surface area (Å²) in [6.07, 6.45) is 2.43. The lowest BCUT2D eigenvalue weighted by Gasteiger charge is -2.12. The van der Waals surface area contributed by atoms with Gasteiger partial charge in [-0.3, -0.25) is 0 Å². The number of imidazole rings is 1. The Morgan fingerprint density at radius 1 is 1.56 bits per heavy atom. The Morgan fingerprint density at radius 3 is 3.11 bits per heavy atom. The molecule has 18 heavy (non-hydrogen) atoms. The SMILES string of the molecule is COc1ncnc2c1nc(CCl)n2C1CCOC1. The Hall–Kier alpha value is -1.40. The molecule has 0 aromatic carbocycles. The van der Waals surface area contributed by atoms with Crippen molar-refractivity contribution in [3.05, 3.63) is 12.2 Å². The number of ether oxygens (including phenoxy) is 2. The van der Waals surface area contributed by atoms with Crippen molar-refractivity contribution in [1.29, 1.82) is 0 Å². The van der Waals surface area contributed by atoms with Crippen molar-refractivity contribution in [3.63, 3.8) is 0 Å². The lowest BCUT2D eigenvalue weighted by Crippen LogP contribution is -2.12. The highest BCUT2D eigenvalue weighted by Crippen LogP contribution is 2.29. The van der Waals surface area contributed by atoms with E-state index in [-0.39, 0.29) is 6.04 Å². The second-order valence-corrected chi connectivity index (χ2v) is 4.37. The van der Waals surface area contributed by atoms with Crippen molar-refractivity contribution < 1.29 is 9.47 Å². The number of aromatic nitrogens is 4. The number of alkyl halides is 1. The van der Waals surface area contributed by atoms with Gasteiger partial charge in [-0.05, 0) is 6.42 Å². The number of nitrogens with zero attached hydrogens (tertiary/aromatic N) is 4. The number of hydrogen-bond donors (Lipinski definition) is 0.